The molecule has 0 aliphatic heterocycles. The maximum absolute atomic E-state index is 14.2. The molecule has 2 aromatic heterocycles. The number of rotatable bonds is 3. The van der Waals surface area contributed by atoms with Crippen LogP contribution in [0, 0.1) is 12.7 Å². The Labute approximate surface area is 132 Å². The number of aromatic nitrogens is 2. The molecule has 1 aliphatic rings. The zero-order chi connectivity index (χ0) is 15.1. The molecule has 0 bridgehead atoms. The Hall–Kier alpha value is -1.88. The van der Waals surface area contributed by atoms with Crippen LogP contribution in [0.1, 0.15) is 31.4 Å². The summed E-state index contributed by atoms with van der Waals surface area (Å²) in [6.07, 6.45) is 4.87. The summed E-state index contributed by atoms with van der Waals surface area (Å²) in [6, 6.07) is 7.33. The van der Waals surface area contributed by atoms with E-state index in [9.17, 15) is 4.39 Å². The van der Waals surface area contributed by atoms with E-state index in [4.69, 9.17) is 0 Å². The van der Waals surface area contributed by atoms with E-state index in [1.165, 1.54) is 31.7 Å². The van der Waals surface area contributed by atoms with Crippen LogP contribution in [0.4, 0.5) is 10.2 Å². The molecule has 0 radical (unpaired) electrons. The third-order valence-corrected chi connectivity index (χ3v) is 5.30. The number of anilines is 1. The fourth-order valence-corrected chi connectivity index (χ4v) is 4.10. The van der Waals surface area contributed by atoms with Gasteiger partial charge in [-0.2, -0.15) is 0 Å². The van der Waals surface area contributed by atoms with E-state index >= 15 is 0 Å². The Kier molecular flexibility index (Phi) is 3.37. The number of hydrogen-bond acceptors (Lipinski definition) is 3. The summed E-state index contributed by atoms with van der Waals surface area (Å²) in [4.78, 5) is 5.60. The summed E-state index contributed by atoms with van der Waals surface area (Å²) >= 11 is 1.60. The van der Waals surface area contributed by atoms with Crippen LogP contribution in [-0.4, -0.2) is 15.4 Å². The normalized spacial score (nSPS) is 15.7. The van der Waals surface area contributed by atoms with Crippen molar-refractivity contribution in [3.8, 4) is 11.3 Å². The van der Waals surface area contributed by atoms with Gasteiger partial charge in [-0.3, -0.25) is 4.40 Å². The fourth-order valence-electron chi connectivity index (χ4n) is 3.23. The van der Waals surface area contributed by atoms with Crippen LogP contribution in [0.15, 0.2) is 29.6 Å². The van der Waals surface area contributed by atoms with Gasteiger partial charge >= 0.3 is 0 Å². The van der Waals surface area contributed by atoms with E-state index in [1.54, 1.807) is 23.5 Å². The van der Waals surface area contributed by atoms with Crippen molar-refractivity contribution in [2.75, 3.05) is 5.32 Å². The van der Waals surface area contributed by atoms with E-state index in [1.807, 2.05) is 6.07 Å². The first kappa shape index (κ1) is 13.8. The number of aryl methyl sites for hydroxylation is 1. The lowest BCUT2D eigenvalue weighted by molar-refractivity contribution is 0.631. The molecule has 0 atom stereocenters. The second-order valence-corrected chi connectivity index (χ2v) is 6.75. The van der Waals surface area contributed by atoms with Crippen molar-refractivity contribution in [3.05, 3.63) is 41.2 Å². The molecule has 2 heterocycles. The number of nitrogens with zero attached hydrogens (tertiary/aromatic N) is 2. The van der Waals surface area contributed by atoms with Crippen molar-refractivity contribution in [3.63, 3.8) is 0 Å². The third kappa shape index (κ3) is 2.20. The van der Waals surface area contributed by atoms with Gasteiger partial charge in [0.1, 0.15) is 17.3 Å². The largest absolute Gasteiger partial charge is 0.367 e. The number of halogens is 1. The zero-order valence-corrected chi connectivity index (χ0v) is 13.3. The van der Waals surface area contributed by atoms with Gasteiger partial charge in [-0.1, -0.05) is 25.0 Å². The highest BCUT2D eigenvalue weighted by atomic mass is 32.1. The molecule has 0 unspecified atom stereocenters. The summed E-state index contributed by atoms with van der Waals surface area (Å²) < 4.78 is 16.3. The number of imidazole rings is 1. The molecule has 0 amide bonds. The molecular weight excluding hydrogens is 297 g/mol. The van der Waals surface area contributed by atoms with Crippen molar-refractivity contribution < 1.29 is 4.39 Å². The molecule has 0 spiro atoms. The fraction of sp³-hybridized carbons (Fsp3) is 0.353. The topological polar surface area (TPSA) is 29.3 Å². The van der Waals surface area contributed by atoms with Crippen LogP contribution in [0.5, 0.6) is 0 Å². The van der Waals surface area contributed by atoms with Crippen LogP contribution in [0.2, 0.25) is 0 Å². The SMILES string of the molecule is Cc1csc2nc(-c3ccccc3F)c(NC3CCCC3)n12. The lowest BCUT2D eigenvalue weighted by Gasteiger charge is -2.15. The average Bonchev–Trinajstić information content (AvgIpc) is 3.21. The standard InChI is InChI=1S/C17H18FN3S/c1-11-10-22-17-20-15(13-8-4-5-9-14(13)18)16(21(11)17)19-12-6-2-3-7-12/h4-5,8-10,12,19H,2-3,6-7H2,1H3. The molecule has 3 nitrogen and oxygen atoms in total. The van der Waals surface area contributed by atoms with Crippen molar-refractivity contribution in [2.45, 2.75) is 38.6 Å². The van der Waals surface area contributed by atoms with Crippen molar-refractivity contribution >= 4 is 22.1 Å². The van der Waals surface area contributed by atoms with Gasteiger partial charge in [0, 0.05) is 22.7 Å². The van der Waals surface area contributed by atoms with Gasteiger partial charge in [0.15, 0.2) is 4.96 Å². The number of nitrogens with one attached hydrogen (secondary N) is 1. The molecule has 1 N–H and O–H groups in total. The van der Waals surface area contributed by atoms with Crippen LogP contribution >= 0.6 is 11.3 Å². The highest BCUT2D eigenvalue weighted by Gasteiger charge is 2.23. The molecule has 5 heteroatoms. The molecule has 4 rings (SSSR count). The molecule has 22 heavy (non-hydrogen) atoms. The molecule has 0 saturated heterocycles. The Balaban J connectivity index is 1.88. The molecule has 1 aromatic carbocycles. The number of benzene rings is 1. The second-order valence-electron chi connectivity index (χ2n) is 5.91. The van der Waals surface area contributed by atoms with Crippen molar-refractivity contribution in [1.29, 1.82) is 0 Å². The number of hydrogen-bond donors (Lipinski definition) is 1. The summed E-state index contributed by atoms with van der Waals surface area (Å²) in [6.45, 7) is 2.07. The summed E-state index contributed by atoms with van der Waals surface area (Å²) in [5.41, 5.74) is 2.42. The Morgan fingerprint density at radius 3 is 2.82 bits per heavy atom. The van der Waals surface area contributed by atoms with Gasteiger partial charge in [0.2, 0.25) is 0 Å². The van der Waals surface area contributed by atoms with Crippen LogP contribution < -0.4 is 5.32 Å². The van der Waals surface area contributed by atoms with Crippen molar-refractivity contribution in [1.82, 2.24) is 9.38 Å². The molecule has 114 valence electrons. The summed E-state index contributed by atoms with van der Waals surface area (Å²) in [5.74, 6) is 0.714. The number of fused-ring (bicyclic) bond motifs is 1. The minimum atomic E-state index is -0.222. The predicted molar refractivity (Wildman–Crippen MR) is 89.1 cm³/mol. The smallest absolute Gasteiger partial charge is 0.196 e. The second kappa shape index (κ2) is 5.39. The van der Waals surface area contributed by atoms with E-state index in [2.05, 4.69) is 27.0 Å². The van der Waals surface area contributed by atoms with Gasteiger partial charge < -0.3 is 5.32 Å². The predicted octanol–water partition coefficient (Wildman–Crippen LogP) is 4.86. The number of thiazole rings is 1. The zero-order valence-electron chi connectivity index (χ0n) is 12.5. The van der Waals surface area contributed by atoms with Crippen molar-refractivity contribution in [2.24, 2.45) is 0 Å². The molecular formula is C17H18FN3S. The molecule has 1 fully saturated rings. The summed E-state index contributed by atoms with van der Waals surface area (Å²) in [5, 5.41) is 5.72. The Morgan fingerprint density at radius 2 is 2.05 bits per heavy atom. The molecule has 1 saturated carbocycles. The first-order valence-electron chi connectivity index (χ1n) is 7.72. The van der Waals surface area contributed by atoms with E-state index < -0.39 is 0 Å². The van der Waals surface area contributed by atoms with Gasteiger partial charge in [-0.25, -0.2) is 9.37 Å². The first-order chi connectivity index (χ1) is 10.7. The van der Waals surface area contributed by atoms with Crippen LogP contribution in [0.25, 0.3) is 16.2 Å². The first-order valence-corrected chi connectivity index (χ1v) is 8.60. The third-order valence-electron chi connectivity index (χ3n) is 4.36. The minimum Gasteiger partial charge on any atom is -0.367 e. The highest BCUT2D eigenvalue weighted by molar-refractivity contribution is 7.15. The minimum absolute atomic E-state index is 0.222. The maximum atomic E-state index is 14.2. The monoisotopic (exact) mass is 315 g/mol. The van der Waals surface area contributed by atoms with E-state index in [0.29, 0.717) is 11.6 Å². The van der Waals surface area contributed by atoms with E-state index in [-0.39, 0.29) is 5.82 Å². The van der Waals surface area contributed by atoms with Crippen LogP contribution in [0.3, 0.4) is 0 Å². The summed E-state index contributed by atoms with van der Waals surface area (Å²) in [7, 11) is 0. The Bertz CT molecular complexity index is 815. The van der Waals surface area contributed by atoms with Gasteiger partial charge in [0.05, 0.1) is 0 Å². The van der Waals surface area contributed by atoms with E-state index in [0.717, 1.165) is 22.2 Å². The molecule has 1 aliphatic carbocycles. The average molecular weight is 315 g/mol. The van der Waals surface area contributed by atoms with Gasteiger partial charge in [-0.05, 0) is 31.9 Å². The van der Waals surface area contributed by atoms with Gasteiger partial charge in [-0.15, -0.1) is 11.3 Å². The highest BCUT2D eigenvalue weighted by Crippen LogP contribution is 2.35. The lowest BCUT2D eigenvalue weighted by atomic mass is 10.1. The lowest BCUT2D eigenvalue weighted by Crippen LogP contribution is -2.16. The quantitative estimate of drug-likeness (QED) is 0.747. The van der Waals surface area contributed by atoms with Crippen LogP contribution in [-0.2, 0) is 0 Å². The Morgan fingerprint density at radius 1 is 1.27 bits per heavy atom. The molecule has 3 aromatic rings. The maximum Gasteiger partial charge on any atom is 0.196 e. The van der Waals surface area contributed by atoms with Gasteiger partial charge in [0.25, 0.3) is 0 Å².